The minimum atomic E-state index is -3.31. The van der Waals surface area contributed by atoms with Gasteiger partial charge in [-0.25, -0.2) is 8.78 Å². The van der Waals surface area contributed by atoms with Crippen LogP contribution in [0.1, 0.15) is 17.2 Å². The van der Waals surface area contributed by atoms with Crippen molar-refractivity contribution in [1.29, 1.82) is 0 Å². The highest BCUT2D eigenvalue weighted by molar-refractivity contribution is 5.85. The van der Waals surface area contributed by atoms with Crippen molar-refractivity contribution in [2.45, 2.75) is 18.9 Å². The number of methoxy groups -OCH3 is 2. The molecule has 1 fully saturated rings. The molecule has 1 aromatic rings. The highest BCUT2D eigenvalue weighted by atomic mass is 35.5. The van der Waals surface area contributed by atoms with Crippen LogP contribution in [-0.2, 0) is 0 Å². The molecule has 0 aromatic heterocycles. The molecular formula is C16H25ClF2N2O3. The highest BCUT2D eigenvalue weighted by Gasteiger charge is 2.46. The molecule has 0 bridgehead atoms. The van der Waals surface area contributed by atoms with Crippen molar-refractivity contribution in [3.05, 3.63) is 23.3 Å². The zero-order valence-corrected chi connectivity index (χ0v) is 15.0. The molecule has 1 aliphatic rings. The second kappa shape index (κ2) is 8.80. The van der Waals surface area contributed by atoms with Crippen LogP contribution in [0.4, 0.5) is 8.78 Å². The molecule has 0 radical (unpaired) electrons. The summed E-state index contributed by atoms with van der Waals surface area (Å²) < 4.78 is 39.9. The summed E-state index contributed by atoms with van der Waals surface area (Å²) in [6, 6.07) is 2.11. The Morgan fingerprint density at radius 3 is 2.12 bits per heavy atom. The molecule has 5 nitrogen and oxygen atoms in total. The normalized spacial score (nSPS) is 17.1. The standard InChI is InChI=1S/C16H24F2N2O3.ClH/c1-11-8-12(22-2)14(13(9-11)23-3)15(16(17,18)10-21)20-6-4-19-5-7-20;/h8-9,15,19,21H,4-7,10H2,1-3H3;1H/t15-;/m1./s1. The lowest BCUT2D eigenvalue weighted by atomic mass is 9.95. The van der Waals surface area contributed by atoms with Crippen molar-refractivity contribution in [3.63, 3.8) is 0 Å². The number of nitrogens with one attached hydrogen (secondary N) is 1. The maximum absolute atomic E-state index is 14.6. The van der Waals surface area contributed by atoms with Gasteiger partial charge in [0.25, 0.3) is 5.92 Å². The van der Waals surface area contributed by atoms with E-state index in [4.69, 9.17) is 9.47 Å². The van der Waals surface area contributed by atoms with E-state index in [9.17, 15) is 13.9 Å². The summed E-state index contributed by atoms with van der Waals surface area (Å²) in [6.07, 6.45) is 0. The fourth-order valence-corrected chi connectivity index (χ4v) is 3.03. The van der Waals surface area contributed by atoms with E-state index in [-0.39, 0.29) is 18.0 Å². The fraction of sp³-hybridized carbons (Fsp3) is 0.625. The average molecular weight is 367 g/mol. The second-order valence-electron chi connectivity index (χ2n) is 5.69. The third kappa shape index (κ3) is 4.27. The maximum Gasteiger partial charge on any atom is 0.290 e. The van der Waals surface area contributed by atoms with Crippen molar-refractivity contribution in [1.82, 2.24) is 10.2 Å². The van der Waals surface area contributed by atoms with Crippen molar-refractivity contribution in [3.8, 4) is 11.5 Å². The van der Waals surface area contributed by atoms with Crippen molar-refractivity contribution in [2.75, 3.05) is 47.0 Å². The van der Waals surface area contributed by atoms with Crippen LogP contribution in [0.25, 0.3) is 0 Å². The van der Waals surface area contributed by atoms with Gasteiger partial charge in [0.1, 0.15) is 24.1 Å². The Balaban J connectivity index is 0.00000288. The van der Waals surface area contributed by atoms with Gasteiger partial charge in [-0.15, -0.1) is 12.4 Å². The first kappa shape index (κ1) is 20.9. The summed E-state index contributed by atoms with van der Waals surface area (Å²) in [7, 11) is 2.90. The van der Waals surface area contributed by atoms with E-state index >= 15 is 0 Å². The smallest absolute Gasteiger partial charge is 0.290 e. The third-order valence-corrected chi connectivity index (χ3v) is 4.09. The number of ether oxygens (including phenoxy) is 2. The van der Waals surface area contributed by atoms with Crippen molar-refractivity contribution in [2.24, 2.45) is 0 Å². The minimum absolute atomic E-state index is 0. The van der Waals surface area contributed by atoms with Gasteiger partial charge in [0.15, 0.2) is 0 Å². The fourth-order valence-electron chi connectivity index (χ4n) is 3.03. The molecule has 0 aliphatic carbocycles. The van der Waals surface area contributed by atoms with Crippen LogP contribution in [0.15, 0.2) is 12.1 Å². The largest absolute Gasteiger partial charge is 0.496 e. The molecule has 0 unspecified atom stereocenters. The van der Waals surface area contributed by atoms with Gasteiger partial charge in [0, 0.05) is 26.2 Å². The van der Waals surface area contributed by atoms with Crippen molar-refractivity contribution >= 4 is 12.4 Å². The van der Waals surface area contributed by atoms with E-state index in [2.05, 4.69) is 5.32 Å². The first-order valence-corrected chi connectivity index (χ1v) is 7.60. The lowest BCUT2D eigenvalue weighted by molar-refractivity contribution is -0.119. The summed E-state index contributed by atoms with van der Waals surface area (Å²) in [5, 5.41) is 12.4. The third-order valence-electron chi connectivity index (χ3n) is 4.09. The number of hydrogen-bond acceptors (Lipinski definition) is 5. The number of benzene rings is 1. The Morgan fingerprint density at radius 2 is 1.71 bits per heavy atom. The summed E-state index contributed by atoms with van der Waals surface area (Å²) in [6.45, 7) is 2.77. The molecule has 2 rings (SSSR count). The number of aliphatic hydroxyl groups excluding tert-OH is 1. The predicted molar refractivity (Wildman–Crippen MR) is 90.7 cm³/mol. The van der Waals surface area contributed by atoms with Gasteiger partial charge in [-0.2, -0.15) is 0 Å². The van der Waals surface area contributed by atoms with E-state index in [1.807, 2.05) is 6.92 Å². The summed E-state index contributed by atoms with van der Waals surface area (Å²) in [5.41, 5.74) is 1.13. The minimum Gasteiger partial charge on any atom is -0.496 e. The molecular weight excluding hydrogens is 342 g/mol. The number of rotatable bonds is 6. The van der Waals surface area contributed by atoms with Crippen LogP contribution >= 0.6 is 12.4 Å². The number of alkyl halides is 2. The van der Waals surface area contributed by atoms with E-state index in [0.29, 0.717) is 37.7 Å². The zero-order chi connectivity index (χ0) is 17.0. The van der Waals surface area contributed by atoms with Gasteiger partial charge in [0.2, 0.25) is 0 Å². The van der Waals surface area contributed by atoms with Gasteiger partial charge in [0.05, 0.1) is 19.8 Å². The summed E-state index contributed by atoms with van der Waals surface area (Å²) >= 11 is 0. The SMILES string of the molecule is COc1cc(C)cc(OC)c1[C@@H](N1CCNCC1)C(F)(F)CO.Cl. The Hall–Kier alpha value is -1.15. The number of nitrogens with zero attached hydrogens (tertiary/aromatic N) is 1. The summed E-state index contributed by atoms with van der Waals surface area (Å²) in [4.78, 5) is 1.67. The Kier molecular flexibility index (Phi) is 7.66. The van der Waals surface area contributed by atoms with Crippen molar-refractivity contribution < 1.29 is 23.4 Å². The molecule has 1 saturated heterocycles. The lowest BCUT2D eigenvalue weighted by Gasteiger charge is -2.39. The molecule has 24 heavy (non-hydrogen) atoms. The van der Waals surface area contributed by atoms with Crippen LogP contribution in [0, 0.1) is 6.92 Å². The van der Waals surface area contributed by atoms with Crippen LogP contribution in [0.3, 0.4) is 0 Å². The Labute approximate surface area is 147 Å². The second-order valence-corrected chi connectivity index (χ2v) is 5.69. The summed E-state index contributed by atoms with van der Waals surface area (Å²) in [5.74, 6) is -2.62. The molecule has 8 heteroatoms. The average Bonchev–Trinajstić information content (AvgIpc) is 2.56. The van der Waals surface area contributed by atoms with Gasteiger partial charge in [-0.05, 0) is 24.6 Å². The molecule has 0 amide bonds. The zero-order valence-electron chi connectivity index (χ0n) is 14.1. The molecule has 1 aromatic carbocycles. The molecule has 1 heterocycles. The van der Waals surface area contributed by atoms with E-state index < -0.39 is 18.6 Å². The van der Waals surface area contributed by atoms with E-state index in [1.165, 1.54) is 14.2 Å². The first-order chi connectivity index (χ1) is 10.9. The van der Waals surface area contributed by atoms with Gasteiger partial charge in [-0.1, -0.05) is 0 Å². The van der Waals surface area contributed by atoms with Gasteiger partial charge in [-0.3, -0.25) is 4.90 Å². The first-order valence-electron chi connectivity index (χ1n) is 7.60. The molecule has 2 N–H and O–H groups in total. The predicted octanol–water partition coefficient (Wildman–Crippen LogP) is 2.01. The van der Waals surface area contributed by atoms with Crippen LogP contribution in [0.2, 0.25) is 0 Å². The number of hydrogen-bond donors (Lipinski definition) is 2. The van der Waals surface area contributed by atoms with Crippen LogP contribution < -0.4 is 14.8 Å². The van der Waals surface area contributed by atoms with E-state index in [1.54, 1.807) is 17.0 Å². The number of halogens is 3. The molecule has 138 valence electrons. The van der Waals surface area contributed by atoms with Gasteiger partial charge >= 0.3 is 0 Å². The van der Waals surface area contributed by atoms with Crippen LogP contribution in [0.5, 0.6) is 11.5 Å². The maximum atomic E-state index is 14.6. The lowest BCUT2D eigenvalue weighted by Crippen LogP contribution is -2.51. The quantitative estimate of drug-likeness (QED) is 0.806. The monoisotopic (exact) mass is 366 g/mol. The topological polar surface area (TPSA) is 54.0 Å². The number of piperazine rings is 1. The van der Waals surface area contributed by atoms with Crippen LogP contribution in [-0.4, -0.2) is 62.9 Å². The highest BCUT2D eigenvalue weighted by Crippen LogP contribution is 2.45. The number of aryl methyl sites for hydroxylation is 1. The molecule has 1 atom stereocenters. The molecule has 0 saturated carbocycles. The number of aliphatic hydroxyl groups is 1. The van der Waals surface area contributed by atoms with E-state index in [0.717, 1.165) is 5.56 Å². The molecule has 0 spiro atoms. The Morgan fingerprint density at radius 1 is 1.21 bits per heavy atom. The Bertz CT molecular complexity index is 515. The van der Waals surface area contributed by atoms with Gasteiger partial charge < -0.3 is 19.9 Å². The molecule has 1 aliphatic heterocycles.